The number of benzene rings is 2. The van der Waals surface area contributed by atoms with Crippen LogP contribution in [0.2, 0.25) is 0 Å². The lowest BCUT2D eigenvalue weighted by atomic mass is 10.1. The zero-order chi connectivity index (χ0) is 18.1. The summed E-state index contributed by atoms with van der Waals surface area (Å²) < 4.78 is 13.1. The van der Waals surface area contributed by atoms with Crippen LogP contribution in [0.15, 0.2) is 58.0 Å². The van der Waals surface area contributed by atoms with Gasteiger partial charge in [0.2, 0.25) is 5.58 Å². The van der Waals surface area contributed by atoms with Crippen molar-refractivity contribution in [1.82, 2.24) is 9.55 Å². The van der Waals surface area contributed by atoms with Gasteiger partial charge >= 0.3 is 0 Å². The number of rotatable bonds is 5. The highest BCUT2D eigenvalue weighted by molar-refractivity contribution is 6.01. The van der Waals surface area contributed by atoms with Crippen molar-refractivity contribution >= 4 is 22.1 Å². The Bertz CT molecular complexity index is 1120. The fourth-order valence-corrected chi connectivity index (χ4v) is 3.22. The highest BCUT2D eigenvalue weighted by atomic mass is 16.5. The zero-order valence-electron chi connectivity index (χ0n) is 14.9. The maximum absolute atomic E-state index is 12.6. The SMILES string of the molecule is Cc1cc(C)cc(OCCCn2cnc3c(oc4ccccc43)c2=O)c1. The van der Waals surface area contributed by atoms with Crippen LogP contribution < -0.4 is 10.3 Å². The maximum atomic E-state index is 12.6. The summed E-state index contributed by atoms with van der Waals surface area (Å²) in [5.41, 5.74) is 3.81. The summed E-state index contributed by atoms with van der Waals surface area (Å²) in [6.45, 7) is 5.17. The Morgan fingerprint density at radius 3 is 2.69 bits per heavy atom. The van der Waals surface area contributed by atoms with Crippen molar-refractivity contribution < 1.29 is 9.15 Å². The van der Waals surface area contributed by atoms with Crippen LogP contribution in [0.3, 0.4) is 0 Å². The number of para-hydroxylation sites is 1. The molecule has 5 nitrogen and oxygen atoms in total. The van der Waals surface area contributed by atoms with E-state index in [1.165, 1.54) is 11.1 Å². The zero-order valence-corrected chi connectivity index (χ0v) is 14.9. The van der Waals surface area contributed by atoms with E-state index < -0.39 is 0 Å². The molecule has 0 atom stereocenters. The number of aryl methyl sites for hydroxylation is 3. The van der Waals surface area contributed by atoms with Crippen LogP contribution in [0.25, 0.3) is 22.1 Å². The number of nitrogens with zero attached hydrogens (tertiary/aromatic N) is 2. The van der Waals surface area contributed by atoms with E-state index in [0.717, 1.165) is 11.1 Å². The molecule has 0 amide bonds. The highest BCUT2D eigenvalue weighted by Crippen LogP contribution is 2.24. The molecule has 0 saturated heterocycles. The van der Waals surface area contributed by atoms with Crippen molar-refractivity contribution in [2.75, 3.05) is 6.61 Å². The Morgan fingerprint density at radius 2 is 1.88 bits per heavy atom. The summed E-state index contributed by atoms with van der Waals surface area (Å²) in [5, 5.41) is 0.866. The Morgan fingerprint density at radius 1 is 1.12 bits per heavy atom. The lowest BCUT2D eigenvalue weighted by molar-refractivity contribution is 0.300. The van der Waals surface area contributed by atoms with Crippen molar-refractivity contribution in [1.29, 1.82) is 0 Å². The first-order valence-electron chi connectivity index (χ1n) is 8.69. The molecule has 26 heavy (non-hydrogen) atoms. The van der Waals surface area contributed by atoms with Crippen molar-refractivity contribution in [3.05, 3.63) is 70.3 Å². The average molecular weight is 348 g/mol. The molecular weight excluding hydrogens is 328 g/mol. The number of fused-ring (bicyclic) bond motifs is 3. The van der Waals surface area contributed by atoms with Crippen LogP contribution in [0, 0.1) is 13.8 Å². The van der Waals surface area contributed by atoms with Gasteiger partial charge in [-0.25, -0.2) is 4.98 Å². The van der Waals surface area contributed by atoms with Gasteiger partial charge in [0.05, 0.1) is 12.9 Å². The molecule has 0 aliphatic heterocycles. The molecule has 0 N–H and O–H groups in total. The smallest absolute Gasteiger partial charge is 0.297 e. The van der Waals surface area contributed by atoms with E-state index in [0.29, 0.717) is 36.3 Å². The summed E-state index contributed by atoms with van der Waals surface area (Å²) >= 11 is 0. The predicted octanol–water partition coefficient (Wildman–Crippen LogP) is 4.23. The Balaban J connectivity index is 1.48. The number of hydrogen-bond donors (Lipinski definition) is 0. The third-order valence-electron chi connectivity index (χ3n) is 4.36. The molecule has 2 aromatic carbocycles. The van der Waals surface area contributed by atoms with E-state index in [4.69, 9.17) is 9.15 Å². The second kappa shape index (κ2) is 6.67. The standard InChI is InChI=1S/C21H20N2O3/c1-14-10-15(2)12-16(11-14)25-9-5-8-23-13-22-19-17-6-3-4-7-18(17)26-20(19)21(23)24/h3-4,6-7,10-13H,5,8-9H2,1-2H3. The van der Waals surface area contributed by atoms with Gasteiger partial charge in [0.25, 0.3) is 5.56 Å². The van der Waals surface area contributed by atoms with Gasteiger partial charge in [-0.3, -0.25) is 9.36 Å². The number of hydrogen-bond acceptors (Lipinski definition) is 4. The molecule has 0 saturated carbocycles. The second-order valence-electron chi connectivity index (χ2n) is 6.54. The molecule has 0 spiro atoms. The molecule has 0 radical (unpaired) electrons. The Hall–Kier alpha value is -3.08. The van der Waals surface area contributed by atoms with Crippen molar-refractivity contribution in [3.8, 4) is 5.75 Å². The van der Waals surface area contributed by atoms with Crippen LogP contribution >= 0.6 is 0 Å². The van der Waals surface area contributed by atoms with Gasteiger partial charge < -0.3 is 9.15 Å². The highest BCUT2D eigenvalue weighted by Gasteiger charge is 2.12. The quantitative estimate of drug-likeness (QED) is 0.507. The molecule has 5 heteroatoms. The number of furan rings is 1. The molecule has 0 aliphatic rings. The van der Waals surface area contributed by atoms with Gasteiger partial charge in [-0.15, -0.1) is 0 Å². The Labute approximate surface area is 150 Å². The molecule has 2 heterocycles. The van der Waals surface area contributed by atoms with Gasteiger partial charge in [-0.2, -0.15) is 0 Å². The first-order chi connectivity index (χ1) is 12.6. The van der Waals surface area contributed by atoms with E-state index in [1.807, 2.05) is 50.2 Å². The minimum atomic E-state index is -0.155. The number of aromatic nitrogens is 2. The molecular formula is C21H20N2O3. The van der Waals surface area contributed by atoms with Gasteiger partial charge in [-0.1, -0.05) is 18.2 Å². The summed E-state index contributed by atoms with van der Waals surface area (Å²) in [7, 11) is 0. The Kier molecular flexibility index (Phi) is 4.21. The van der Waals surface area contributed by atoms with Crippen LogP contribution in [-0.4, -0.2) is 16.2 Å². The summed E-state index contributed by atoms with van der Waals surface area (Å²) in [5.74, 6) is 0.862. The molecule has 0 aliphatic carbocycles. The van der Waals surface area contributed by atoms with E-state index >= 15 is 0 Å². The van der Waals surface area contributed by atoms with Gasteiger partial charge in [0.15, 0.2) is 0 Å². The summed E-state index contributed by atoms with van der Waals surface area (Å²) in [4.78, 5) is 17.1. The van der Waals surface area contributed by atoms with Crippen molar-refractivity contribution in [3.63, 3.8) is 0 Å². The monoisotopic (exact) mass is 348 g/mol. The van der Waals surface area contributed by atoms with Crippen LogP contribution in [0.5, 0.6) is 5.75 Å². The fourth-order valence-electron chi connectivity index (χ4n) is 3.22. The molecule has 2 aromatic heterocycles. The van der Waals surface area contributed by atoms with Crippen LogP contribution in [-0.2, 0) is 6.54 Å². The fraction of sp³-hybridized carbons (Fsp3) is 0.238. The van der Waals surface area contributed by atoms with Crippen molar-refractivity contribution in [2.45, 2.75) is 26.8 Å². The molecule has 0 unspecified atom stereocenters. The van der Waals surface area contributed by atoms with Crippen LogP contribution in [0.1, 0.15) is 17.5 Å². The lowest BCUT2D eigenvalue weighted by Crippen LogP contribution is -2.21. The van der Waals surface area contributed by atoms with E-state index in [1.54, 1.807) is 10.9 Å². The lowest BCUT2D eigenvalue weighted by Gasteiger charge is -2.09. The minimum Gasteiger partial charge on any atom is -0.494 e. The average Bonchev–Trinajstić information content (AvgIpc) is 2.99. The van der Waals surface area contributed by atoms with Gasteiger partial charge in [0, 0.05) is 11.9 Å². The van der Waals surface area contributed by atoms with E-state index in [-0.39, 0.29) is 5.56 Å². The van der Waals surface area contributed by atoms with Crippen molar-refractivity contribution in [2.24, 2.45) is 0 Å². The van der Waals surface area contributed by atoms with Crippen LogP contribution in [0.4, 0.5) is 0 Å². The first kappa shape index (κ1) is 16.4. The maximum Gasteiger partial charge on any atom is 0.297 e. The predicted molar refractivity (Wildman–Crippen MR) is 102 cm³/mol. The third kappa shape index (κ3) is 3.08. The molecule has 4 aromatic rings. The van der Waals surface area contributed by atoms with E-state index in [9.17, 15) is 4.79 Å². The van der Waals surface area contributed by atoms with E-state index in [2.05, 4.69) is 11.1 Å². The number of ether oxygens (including phenoxy) is 1. The third-order valence-corrected chi connectivity index (χ3v) is 4.36. The normalized spacial score (nSPS) is 11.3. The summed E-state index contributed by atoms with van der Waals surface area (Å²) in [6, 6.07) is 13.7. The topological polar surface area (TPSA) is 57.3 Å². The molecule has 132 valence electrons. The molecule has 0 fully saturated rings. The second-order valence-corrected chi connectivity index (χ2v) is 6.54. The summed E-state index contributed by atoms with van der Waals surface area (Å²) in [6.07, 6.45) is 2.30. The van der Waals surface area contributed by atoms with Gasteiger partial charge in [0.1, 0.15) is 16.8 Å². The minimum absolute atomic E-state index is 0.155. The molecule has 0 bridgehead atoms. The first-order valence-corrected chi connectivity index (χ1v) is 8.69. The van der Waals surface area contributed by atoms with Gasteiger partial charge in [-0.05, 0) is 55.7 Å². The molecule has 4 rings (SSSR count). The largest absolute Gasteiger partial charge is 0.494 e.